The lowest BCUT2D eigenvalue weighted by molar-refractivity contribution is 0.572. The lowest BCUT2D eigenvalue weighted by Gasteiger charge is -2.16. The van der Waals surface area contributed by atoms with Gasteiger partial charge < -0.3 is 5.32 Å². The van der Waals surface area contributed by atoms with Crippen molar-refractivity contribution >= 4 is 0 Å². The summed E-state index contributed by atoms with van der Waals surface area (Å²) in [6.45, 7) is 5.33. The van der Waals surface area contributed by atoms with Crippen molar-refractivity contribution in [1.82, 2.24) is 5.32 Å². The molecular formula is C19H23N. The molecule has 0 radical (unpaired) electrons. The third kappa shape index (κ3) is 3.10. The van der Waals surface area contributed by atoms with Crippen molar-refractivity contribution in [2.75, 3.05) is 0 Å². The second-order valence-electron chi connectivity index (χ2n) is 5.99. The van der Waals surface area contributed by atoms with Crippen molar-refractivity contribution < 1.29 is 0 Å². The van der Waals surface area contributed by atoms with Gasteiger partial charge in [-0.3, -0.25) is 0 Å². The van der Waals surface area contributed by atoms with Crippen molar-refractivity contribution in [2.45, 2.75) is 45.2 Å². The molecule has 1 heteroatoms. The Morgan fingerprint density at radius 2 is 1.75 bits per heavy atom. The molecule has 1 aliphatic carbocycles. The van der Waals surface area contributed by atoms with Gasteiger partial charge in [-0.25, -0.2) is 0 Å². The van der Waals surface area contributed by atoms with Gasteiger partial charge in [-0.15, -0.1) is 0 Å². The topological polar surface area (TPSA) is 12.0 Å². The summed E-state index contributed by atoms with van der Waals surface area (Å²) in [5.74, 6) is 0.822. The van der Waals surface area contributed by atoms with E-state index in [1.165, 1.54) is 29.5 Å². The van der Waals surface area contributed by atoms with E-state index in [-0.39, 0.29) is 0 Å². The van der Waals surface area contributed by atoms with Gasteiger partial charge in [-0.05, 0) is 49.3 Å². The third-order valence-electron chi connectivity index (χ3n) is 4.25. The maximum Gasteiger partial charge on any atom is 0.0294 e. The number of benzene rings is 2. The zero-order valence-corrected chi connectivity index (χ0v) is 12.4. The minimum Gasteiger partial charge on any atom is -0.306 e. The minimum absolute atomic E-state index is 0.392. The fraction of sp³-hybridized carbons (Fsp3) is 0.368. The molecule has 1 aliphatic rings. The fourth-order valence-corrected chi connectivity index (χ4v) is 2.72. The van der Waals surface area contributed by atoms with Crippen LogP contribution in [0.25, 0.3) is 0 Å². The molecule has 20 heavy (non-hydrogen) atoms. The molecule has 1 N–H and O–H groups in total. The summed E-state index contributed by atoms with van der Waals surface area (Å²) in [6, 6.07) is 18.1. The molecule has 0 heterocycles. The van der Waals surface area contributed by atoms with E-state index in [9.17, 15) is 0 Å². The van der Waals surface area contributed by atoms with Crippen molar-refractivity contribution in [3.8, 4) is 0 Å². The molecule has 1 nitrogen and oxygen atoms in total. The number of hydrogen-bond donors (Lipinski definition) is 1. The molecule has 0 amide bonds. The van der Waals surface area contributed by atoms with Gasteiger partial charge in [-0.2, -0.15) is 0 Å². The second-order valence-corrected chi connectivity index (χ2v) is 5.99. The lowest BCUT2D eigenvalue weighted by Crippen LogP contribution is -2.18. The van der Waals surface area contributed by atoms with Crippen LogP contribution >= 0.6 is 0 Å². The van der Waals surface area contributed by atoms with Gasteiger partial charge in [0.1, 0.15) is 0 Å². The molecule has 2 aromatic rings. The average molecular weight is 265 g/mol. The van der Waals surface area contributed by atoms with Gasteiger partial charge >= 0.3 is 0 Å². The summed E-state index contributed by atoms with van der Waals surface area (Å²) in [6.07, 6.45) is 2.73. The Hall–Kier alpha value is -1.60. The molecule has 3 rings (SSSR count). The van der Waals surface area contributed by atoms with Gasteiger partial charge in [0.15, 0.2) is 0 Å². The van der Waals surface area contributed by atoms with Crippen LogP contribution in [0.1, 0.15) is 54.0 Å². The molecule has 0 spiro atoms. The smallest absolute Gasteiger partial charge is 0.0294 e. The predicted molar refractivity (Wildman–Crippen MR) is 84.9 cm³/mol. The second kappa shape index (κ2) is 5.80. The molecule has 1 fully saturated rings. The Labute approximate surface area is 122 Å². The first-order valence-electron chi connectivity index (χ1n) is 7.62. The van der Waals surface area contributed by atoms with Crippen molar-refractivity contribution in [2.24, 2.45) is 0 Å². The van der Waals surface area contributed by atoms with Crippen LogP contribution < -0.4 is 5.32 Å². The number of aryl methyl sites for hydroxylation is 1. The highest BCUT2D eigenvalue weighted by atomic mass is 14.9. The van der Waals surface area contributed by atoms with Crippen LogP contribution in [0, 0.1) is 6.92 Å². The normalized spacial score (nSPS) is 16.1. The Morgan fingerprint density at radius 3 is 2.45 bits per heavy atom. The van der Waals surface area contributed by atoms with Crippen LogP contribution in [-0.4, -0.2) is 0 Å². The van der Waals surface area contributed by atoms with E-state index in [0.29, 0.717) is 6.04 Å². The molecular weight excluding hydrogens is 242 g/mol. The summed E-state index contributed by atoms with van der Waals surface area (Å²) in [5.41, 5.74) is 5.70. The maximum absolute atomic E-state index is 3.66. The highest BCUT2D eigenvalue weighted by molar-refractivity contribution is 5.33. The molecule has 0 bridgehead atoms. The van der Waals surface area contributed by atoms with Crippen LogP contribution in [0.2, 0.25) is 0 Å². The van der Waals surface area contributed by atoms with Crippen LogP contribution in [0.5, 0.6) is 0 Å². The number of hydrogen-bond acceptors (Lipinski definition) is 1. The van der Waals surface area contributed by atoms with E-state index in [0.717, 1.165) is 12.5 Å². The molecule has 0 aromatic heterocycles. The first kappa shape index (κ1) is 13.4. The van der Waals surface area contributed by atoms with Crippen LogP contribution in [0.3, 0.4) is 0 Å². The van der Waals surface area contributed by atoms with E-state index in [2.05, 4.69) is 67.7 Å². The fourth-order valence-electron chi connectivity index (χ4n) is 2.72. The Bertz CT molecular complexity index is 567. The van der Waals surface area contributed by atoms with Crippen LogP contribution in [0.4, 0.5) is 0 Å². The largest absolute Gasteiger partial charge is 0.306 e. The Kier molecular flexibility index (Phi) is 3.88. The van der Waals surface area contributed by atoms with E-state index in [1.807, 2.05) is 0 Å². The summed E-state index contributed by atoms with van der Waals surface area (Å²) >= 11 is 0. The Balaban J connectivity index is 1.65. The molecule has 2 aromatic carbocycles. The van der Waals surface area contributed by atoms with Gasteiger partial charge in [0, 0.05) is 12.6 Å². The van der Waals surface area contributed by atoms with Crippen molar-refractivity contribution in [3.05, 3.63) is 70.8 Å². The Morgan fingerprint density at radius 1 is 1.05 bits per heavy atom. The van der Waals surface area contributed by atoms with E-state index in [1.54, 1.807) is 5.56 Å². The summed E-state index contributed by atoms with van der Waals surface area (Å²) < 4.78 is 0. The highest BCUT2D eigenvalue weighted by Gasteiger charge is 2.25. The lowest BCUT2D eigenvalue weighted by atomic mass is 10.0. The molecule has 0 saturated heterocycles. The highest BCUT2D eigenvalue weighted by Crippen LogP contribution is 2.41. The van der Waals surface area contributed by atoms with Crippen molar-refractivity contribution in [3.63, 3.8) is 0 Å². The summed E-state index contributed by atoms with van der Waals surface area (Å²) in [7, 11) is 0. The first-order valence-corrected chi connectivity index (χ1v) is 7.62. The van der Waals surface area contributed by atoms with E-state index >= 15 is 0 Å². The van der Waals surface area contributed by atoms with E-state index in [4.69, 9.17) is 0 Å². The molecule has 0 aliphatic heterocycles. The van der Waals surface area contributed by atoms with Crippen molar-refractivity contribution in [1.29, 1.82) is 0 Å². The van der Waals surface area contributed by atoms with Gasteiger partial charge in [0.25, 0.3) is 0 Å². The number of nitrogens with one attached hydrogen (secondary N) is 1. The van der Waals surface area contributed by atoms with Crippen LogP contribution in [0.15, 0.2) is 48.5 Å². The first-order chi connectivity index (χ1) is 9.74. The standard InChI is InChI=1S/C19H23N/c1-14-7-9-16(10-8-14)15(2)20-13-18-5-3-4-6-19(18)17-11-12-17/h3-10,15,17,20H,11-13H2,1-2H3/t15-/m1/s1. The maximum atomic E-state index is 3.66. The van der Waals surface area contributed by atoms with Crippen LogP contribution in [-0.2, 0) is 6.54 Å². The molecule has 0 unspecified atom stereocenters. The zero-order chi connectivity index (χ0) is 13.9. The summed E-state index contributed by atoms with van der Waals surface area (Å²) in [4.78, 5) is 0. The number of rotatable bonds is 5. The third-order valence-corrected chi connectivity index (χ3v) is 4.25. The zero-order valence-electron chi connectivity index (χ0n) is 12.4. The van der Waals surface area contributed by atoms with Gasteiger partial charge in [0.05, 0.1) is 0 Å². The average Bonchev–Trinajstić information content (AvgIpc) is 3.30. The quantitative estimate of drug-likeness (QED) is 0.824. The molecule has 104 valence electrons. The molecule has 1 atom stereocenters. The predicted octanol–water partition coefficient (Wildman–Crippen LogP) is 4.72. The monoisotopic (exact) mass is 265 g/mol. The van der Waals surface area contributed by atoms with Gasteiger partial charge in [-0.1, -0.05) is 54.1 Å². The summed E-state index contributed by atoms with van der Waals surface area (Å²) in [5, 5.41) is 3.66. The molecule has 1 saturated carbocycles. The minimum atomic E-state index is 0.392. The van der Waals surface area contributed by atoms with E-state index < -0.39 is 0 Å². The SMILES string of the molecule is Cc1ccc([C@@H](C)NCc2ccccc2C2CC2)cc1. The van der Waals surface area contributed by atoms with Gasteiger partial charge in [0.2, 0.25) is 0 Å².